The van der Waals surface area contributed by atoms with Gasteiger partial charge < -0.3 is 0 Å². The molecule has 0 heterocycles. The van der Waals surface area contributed by atoms with E-state index in [-0.39, 0.29) is 0 Å². The van der Waals surface area contributed by atoms with E-state index in [9.17, 15) is 4.91 Å². The van der Waals surface area contributed by atoms with Crippen molar-refractivity contribution in [3.8, 4) is 0 Å². The molecular formula is C16H18N2O. The van der Waals surface area contributed by atoms with Crippen molar-refractivity contribution in [2.75, 3.05) is 13.6 Å². The summed E-state index contributed by atoms with van der Waals surface area (Å²) in [5.41, 5.74) is 2.54. The Kier molecular flexibility index (Phi) is 4.67. The van der Waals surface area contributed by atoms with Crippen molar-refractivity contribution < 1.29 is 0 Å². The fraction of sp³-hybridized carbons (Fsp3) is 0.250. The molecule has 0 N–H and O–H groups in total. The summed E-state index contributed by atoms with van der Waals surface area (Å²) in [6, 6.07) is 20.8. The first-order valence-electron chi connectivity index (χ1n) is 6.45. The maximum atomic E-state index is 10.5. The molecular weight excluding hydrogens is 236 g/mol. The lowest BCUT2D eigenvalue weighted by molar-refractivity contribution is 0.337. The Bertz CT molecular complexity index is 459. The smallest absolute Gasteiger partial charge is 0.0521 e. The van der Waals surface area contributed by atoms with Gasteiger partial charge in [-0.05, 0) is 17.5 Å². The van der Waals surface area contributed by atoms with Gasteiger partial charge in [-0.25, -0.2) is 0 Å². The minimum atomic E-state index is 0.298. The standard InChI is InChI=1S/C16H18N2O/c1-18(17-19)13-12-16(14-8-4-2-5-9-14)15-10-6-3-7-11-15/h2-11,16H,12-13H2,1H3. The summed E-state index contributed by atoms with van der Waals surface area (Å²) in [6.45, 7) is 0.651. The van der Waals surface area contributed by atoms with Gasteiger partial charge in [0.1, 0.15) is 0 Å². The zero-order valence-electron chi connectivity index (χ0n) is 11.1. The summed E-state index contributed by atoms with van der Waals surface area (Å²) in [7, 11) is 1.71. The van der Waals surface area contributed by atoms with Gasteiger partial charge in [0.25, 0.3) is 0 Å². The van der Waals surface area contributed by atoms with E-state index < -0.39 is 0 Å². The first-order valence-corrected chi connectivity index (χ1v) is 6.45. The van der Waals surface area contributed by atoms with E-state index in [1.54, 1.807) is 7.05 Å². The molecule has 0 bridgehead atoms. The largest absolute Gasteiger partial charge is 0.264 e. The van der Waals surface area contributed by atoms with Crippen LogP contribution in [0.5, 0.6) is 0 Å². The second-order valence-corrected chi connectivity index (χ2v) is 4.63. The molecule has 0 saturated heterocycles. The number of hydrogen-bond donors (Lipinski definition) is 0. The van der Waals surface area contributed by atoms with Crippen molar-refractivity contribution in [3.05, 3.63) is 76.7 Å². The molecule has 3 heteroatoms. The van der Waals surface area contributed by atoms with Gasteiger partial charge in [-0.15, -0.1) is 4.91 Å². The molecule has 98 valence electrons. The molecule has 0 fully saturated rings. The maximum Gasteiger partial charge on any atom is 0.0521 e. The van der Waals surface area contributed by atoms with Crippen LogP contribution in [0.4, 0.5) is 0 Å². The molecule has 0 radical (unpaired) electrons. The Hall–Kier alpha value is -2.16. The van der Waals surface area contributed by atoms with Crippen LogP contribution < -0.4 is 0 Å². The number of benzene rings is 2. The van der Waals surface area contributed by atoms with Gasteiger partial charge in [-0.1, -0.05) is 60.7 Å². The minimum Gasteiger partial charge on any atom is -0.264 e. The number of nitrogens with zero attached hydrogens (tertiary/aromatic N) is 2. The summed E-state index contributed by atoms with van der Waals surface area (Å²) >= 11 is 0. The predicted octanol–water partition coefficient (Wildman–Crippen LogP) is 3.82. The molecule has 0 aliphatic heterocycles. The van der Waals surface area contributed by atoms with Gasteiger partial charge in [-0.3, -0.25) is 5.01 Å². The highest BCUT2D eigenvalue weighted by Crippen LogP contribution is 2.27. The molecule has 0 aliphatic carbocycles. The topological polar surface area (TPSA) is 32.7 Å². The van der Waals surface area contributed by atoms with Crippen molar-refractivity contribution in [1.29, 1.82) is 0 Å². The van der Waals surface area contributed by atoms with E-state index in [2.05, 4.69) is 29.6 Å². The number of rotatable bonds is 6. The average Bonchev–Trinajstić information content (AvgIpc) is 2.49. The first-order chi connectivity index (χ1) is 9.31. The van der Waals surface area contributed by atoms with Crippen LogP contribution in [0.15, 0.2) is 65.9 Å². The fourth-order valence-corrected chi connectivity index (χ4v) is 2.25. The second kappa shape index (κ2) is 6.69. The molecule has 0 aromatic heterocycles. The van der Waals surface area contributed by atoms with Gasteiger partial charge in [-0.2, -0.15) is 0 Å². The Morgan fingerprint density at radius 2 is 1.42 bits per heavy atom. The zero-order chi connectivity index (χ0) is 13.5. The lowest BCUT2D eigenvalue weighted by atomic mass is 9.88. The van der Waals surface area contributed by atoms with Crippen LogP contribution in [0.1, 0.15) is 23.5 Å². The van der Waals surface area contributed by atoms with Crippen LogP contribution >= 0.6 is 0 Å². The second-order valence-electron chi connectivity index (χ2n) is 4.63. The summed E-state index contributed by atoms with van der Waals surface area (Å²) in [4.78, 5) is 10.5. The molecule has 3 nitrogen and oxygen atoms in total. The zero-order valence-corrected chi connectivity index (χ0v) is 11.1. The third kappa shape index (κ3) is 3.65. The van der Waals surface area contributed by atoms with Crippen molar-refractivity contribution in [2.24, 2.45) is 5.29 Å². The maximum absolute atomic E-state index is 10.5. The average molecular weight is 254 g/mol. The highest BCUT2D eigenvalue weighted by molar-refractivity contribution is 5.32. The third-order valence-corrected chi connectivity index (χ3v) is 3.28. The Balaban J connectivity index is 2.21. The van der Waals surface area contributed by atoms with Gasteiger partial charge in [0, 0.05) is 19.5 Å². The Labute approximate surface area is 113 Å². The van der Waals surface area contributed by atoms with Crippen molar-refractivity contribution >= 4 is 0 Å². The molecule has 2 aromatic carbocycles. The monoisotopic (exact) mass is 254 g/mol. The van der Waals surface area contributed by atoms with Crippen molar-refractivity contribution in [3.63, 3.8) is 0 Å². The van der Waals surface area contributed by atoms with E-state index in [1.165, 1.54) is 16.1 Å². The van der Waals surface area contributed by atoms with Gasteiger partial charge >= 0.3 is 0 Å². The van der Waals surface area contributed by atoms with Crippen LogP contribution in [0, 0.1) is 4.91 Å². The van der Waals surface area contributed by atoms with E-state index >= 15 is 0 Å². The molecule has 0 spiro atoms. The van der Waals surface area contributed by atoms with Gasteiger partial charge in [0.15, 0.2) is 0 Å². The van der Waals surface area contributed by atoms with Crippen LogP contribution in [-0.4, -0.2) is 18.6 Å². The Morgan fingerprint density at radius 1 is 0.947 bits per heavy atom. The Morgan fingerprint density at radius 3 is 1.84 bits per heavy atom. The van der Waals surface area contributed by atoms with Gasteiger partial charge in [0.2, 0.25) is 0 Å². The molecule has 0 saturated carbocycles. The summed E-state index contributed by atoms with van der Waals surface area (Å²) in [5.74, 6) is 0.298. The first kappa shape index (κ1) is 13.3. The molecule has 0 aliphatic rings. The van der Waals surface area contributed by atoms with Crippen LogP contribution in [-0.2, 0) is 0 Å². The summed E-state index contributed by atoms with van der Waals surface area (Å²) < 4.78 is 0. The summed E-state index contributed by atoms with van der Waals surface area (Å²) in [5, 5.41) is 4.37. The highest BCUT2D eigenvalue weighted by Gasteiger charge is 2.14. The summed E-state index contributed by atoms with van der Waals surface area (Å²) in [6.07, 6.45) is 0.871. The third-order valence-electron chi connectivity index (χ3n) is 3.28. The van der Waals surface area contributed by atoms with Gasteiger partial charge in [0.05, 0.1) is 5.29 Å². The molecule has 2 rings (SSSR count). The lowest BCUT2D eigenvalue weighted by Crippen LogP contribution is -2.15. The van der Waals surface area contributed by atoms with Crippen molar-refractivity contribution in [1.82, 2.24) is 5.01 Å². The molecule has 0 amide bonds. The predicted molar refractivity (Wildman–Crippen MR) is 77.8 cm³/mol. The van der Waals surface area contributed by atoms with E-state index in [0.29, 0.717) is 12.5 Å². The van der Waals surface area contributed by atoms with Crippen molar-refractivity contribution in [2.45, 2.75) is 12.3 Å². The molecule has 0 atom stereocenters. The molecule has 2 aromatic rings. The van der Waals surface area contributed by atoms with E-state index in [0.717, 1.165) is 6.42 Å². The molecule has 0 unspecified atom stereocenters. The van der Waals surface area contributed by atoms with E-state index in [1.807, 2.05) is 36.4 Å². The number of hydrogen-bond acceptors (Lipinski definition) is 2. The SMILES string of the molecule is CN(CCC(c1ccccc1)c1ccccc1)N=O. The lowest BCUT2D eigenvalue weighted by Gasteiger charge is -2.19. The minimum absolute atomic E-state index is 0.298. The van der Waals surface area contributed by atoms with Crippen LogP contribution in [0.3, 0.4) is 0 Å². The van der Waals surface area contributed by atoms with Crippen LogP contribution in [0.25, 0.3) is 0 Å². The normalized spacial score (nSPS) is 10.4. The molecule has 19 heavy (non-hydrogen) atoms. The number of nitroso groups, excluding NO2 is 1. The fourth-order valence-electron chi connectivity index (χ4n) is 2.25. The highest BCUT2D eigenvalue weighted by atomic mass is 16.3. The quantitative estimate of drug-likeness (QED) is 0.580. The van der Waals surface area contributed by atoms with Crippen LogP contribution in [0.2, 0.25) is 0 Å². The van der Waals surface area contributed by atoms with E-state index in [4.69, 9.17) is 0 Å².